The molecule has 1 aromatic heterocycles. The second-order valence-electron chi connectivity index (χ2n) is 8.48. The molecule has 3 aliphatic rings. The first-order valence-electron chi connectivity index (χ1n) is 11.6. The number of hydrogen-bond donors (Lipinski definition) is 3. The third-order valence-corrected chi connectivity index (χ3v) is 9.44. The van der Waals surface area contributed by atoms with Crippen molar-refractivity contribution in [1.82, 2.24) is 24.6 Å². The number of aromatic nitrogens is 1. The number of carboxylic acid groups (broad SMARTS) is 1. The molecule has 0 spiro atoms. The Bertz CT molecular complexity index is 1300. The number of nitrogens with zero attached hydrogens (tertiary/aromatic N) is 6. The lowest BCUT2D eigenvalue weighted by Gasteiger charge is -2.49. The van der Waals surface area contributed by atoms with E-state index in [2.05, 4.69) is 25.8 Å². The number of halogens is 1. The van der Waals surface area contributed by atoms with Gasteiger partial charge in [0.1, 0.15) is 42.0 Å². The molecule has 1 fully saturated rings. The van der Waals surface area contributed by atoms with Crippen molar-refractivity contribution in [3.05, 3.63) is 27.6 Å². The van der Waals surface area contributed by atoms with Gasteiger partial charge in [-0.25, -0.2) is 14.1 Å². The third-order valence-electron chi connectivity index (χ3n) is 5.87. The molecule has 4 rings (SSSR count). The fourth-order valence-electron chi connectivity index (χ4n) is 3.95. The Balaban J connectivity index is 1.45. The van der Waals surface area contributed by atoms with Gasteiger partial charge < -0.3 is 30.8 Å². The first-order valence-corrected chi connectivity index (χ1v) is 15.0. The minimum atomic E-state index is -1.26. The number of thiazole rings is 1. The summed E-state index contributed by atoms with van der Waals surface area (Å²) < 4.78 is 1.74. The van der Waals surface area contributed by atoms with Crippen LogP contribution in [0.25, 0.3) is 0 Å². The van der Waals surface area contributed by atoms with Crippen molar-refractivity contribution in [3.63, 3.8) is 0 Å². The summed E-state index contributed by atoms with van der Waals surface area (Å²) in [7, 11) is 1.24. The Morgan fingerprint density at radius 3 is 2.83 bits per heavy atom. The first kappa shape index (κ1) is 30.1. The Kier molecular flexibility index (Phi) is 9.57. The lowest BCUT2D eigenvalue weighted by Crippen LogP contribution is -2.71. The number of aliphatic imine (C=N–C) groups is 1. The number of oxime groups is 1. The summed E-state index contributed by atoms with van der Waals surface area (Å²) >= 11 is 9.10. The van der Waals surface area contributed by atoms with Gasteiger partial charge in [-0.3, -0.25) is 24.3 Å². The van der Waals surface area contributed by atoms with Crippen LogP contribution in [0.3, 0.4) is 0 Å². The molecule has 3 N–H and O–H groups in total. The molecule has 3 aliphatic heterocycles. The van der Waals surface area contributed by atoms with Gasteiger partial charge in [0.15, 0.2) is 10.8 Å². The number of hydroxylamine groups is 2. The number of alkyl halides is 1. The van der Waals surface area contributed by atoms with Crippen LogP contribution < -0.4 is 10.6 Å². The maximum atomic E-state index is 13.1. The van der Waals surface area contributed by atoms with Crippen LogP contribution in [0.15, 0.2) is 26.8 Å². The Hall–Kier alpha value is -2.90. The van der Waals surface area contributed by atoms with Crippen LogP contribution >= 0.6 is 46.6 Å². The van der Waals surface area contributed by atoms with E-state index >= 15 is 0 Å². The van der Waals surface area contributed by atoms with Gasteiger partial charge in [-0.15, -0.1) is 34.7 Å². The molecule has 4 heterocycles. The monoisotopic (exact) mass is 631 g/mol. The van der Waals surface area contributed by atoms with Crippen molar-refractivity contribution in [2.45, 2.75) is 31.4 Å². The van der Waals surface area contributed by atoms with E-state index in [9.17, 15) is 29.5 Å². The van der Waals surface area contributed by atoms with Crippen LogP contribution in [0.2, 0.25) is 0 Å². The Morgan fingerprint density at radius 1 is 1.40 bits per heavy atom. The average Bonchev–Trinajstić information content (AvgIpc) is 3.38. The van der Waals surface area contributed by atoms with Gasteiger partial charge >= 0.3 is 5.97 Å². The molecule has 3 amide bonds. The molecule has 1 aromatic rings. The number of rotatable bonds is 10. The van der Waals surface area contributed by atoms with E-state index in [1.165, 1.54) is 36.2 Å². The zero-order valence-corrected chi connectivity index (χ0v) is 24.5. The van der Waals surface area contributed by atoms with E-state index in [-0.39, 0.29) is 46.7 Å². The van der Waals surface area contributed by atoms with Gasteiger partial charge in [-0.05, 0) is 19.4 Å². The molecule has 1 saturated heterocycles. The minimum Gasteiger partial charge on any atom is -0.757 e. The molecule has 0 bridgehead atoms. The molecule has 1 unspecified atom stereocenters. The summed E-state index contributed by atoms with van der Waals surface area (Å²) in [5, 5.41) is 32.5. The number of nitrogens with one attached hydrogen (secondary N) is 2. The second-order valence-corrected chi connectivity index (χ2v) is 11.7. The number of hydrogen-bond acceptors (Lipinski definition) is 14. The minimum absolute atomic E-state index is 0.0777. The summed E-state index contributed by atoms with van der Waals surface area (Å²) in [4.78, 5) is 64.2. The van der Waals surface area contributed by atoms with Crippen LogP contribution in [0.4, 0.5) is 5.13 Å². The van der Waals surface area contributed by atoms with Gasteiger partial charge in [0.2, 0.25) is 5.91 Å². The number of aliphatic carboxylic acids is 1. The maximum Gasteiger partial charge on any atom is 0.352 e. The van der Waals surface area contributed by atoms with Crippen LogP contribution in [-0.4, -0.2) is 108 Å². The fraction of sp³-hybridized carbons (Fsp3) is 0.476. The number of fused-ring (bicyclic) bond motifs is 1. The topological polar surface area (TPSA) is 192 Å². The fourth-order valence-corrected chi connectivity index (χ4v) is 7.21. The molecule has 3 atom stereocenters. The SMILES string of the molecule is CO/N=C(\C(=O)N[C@@H]1C(=O)N2C(C(=O)O)=C(CSN3CN([O-])C(C)=NC3C)CS[C@H]12)c1csc(NC(=O)CCl)n1. The lowest BCUT2D eigenvalue weighted by molar-refractivity contribution is -0.150. The van der Waals surface area contributed by atoms with Crippen LogP contribution in [0, 0.1) is 5.21 Å². The molecule has 0 aromatic carbocycles. The van der Waals surface area contributed by atoms with Gasteiger partial charge in [0.05, 0.1) is 12.5 Å². The molecule has 0 saturated carbocycles. The van der Waals surface area contributed by atoms with Crippen molar-refractivity contribution in [2.24, 2.45) is 10.1 Å². The predicted octanol–water partition coefficient (Wildman–Crippen LogP) is 0.895. The zero-order chi connectivity index (χ0) is 29.1. The lowest BCUT2D eigenvalue weighted by atomic mass is 10.0. The summed E-state index contributed by atoms with van der Waals surface area (Å²) in [5.74, 6) is -2.45. The highest BCUT2D eigenvalue weighted by molar-refractivity contribution is 8.00. The normalized spacial score (nSPS) is 23.3. The molecule has 0 radical (unpaired) electrons. The van der Waals surface area contributed by atoms with Crippen molar-refractivity contribution in [3.8, 4) is 0 Å². The summed E-state index contributed by atoms with van der Waals surface area (Å²) in [6.07, 6.45) is -0.272. The zero-order valence-electron chi connectivity index (χ0n) is 21.3. The average molecular weight is 632 g/mol. The molecule has 40 heavy (non-hydrogen) atoms. The van der Waals surface area contributed by atoms with Crippen molar-refractivity contribution < 1.29 is 29.1 Å². The number of thioether (sulfide) groups is 1. The number of carbonyl (C=O) groups is 4. The van der Waals surface area contributed by atoms with Crippen LogP contribution in [0.1, 0.15) is 19.5 Å². The van der Waals surface area contributed by atoms with Crippen LogP contribution in [-0.2, 0) is 24.0 Å². The summed E-state index contributed by atoms with van der Waals surface area (Å²) in [5.41, 5.74) is 0.246. The molecular formula is C21H24ClN8O7S3-. The number of β-lactam (4-membered cyclic amide) rings is 1. The van der Waals surface area contributed by atoms with E-state index in [4.69, 9.17) is 16.4 Å². The van der Waals surface area contributed by atoms with E-state index in [0.717, 1.165) is 21.3 Å². The number of carbonyl (C=O) groups excluding carboxylic acids is 3. The number of carboxylic acids is 1. The molecule has 0 aliphatic carbocycles. The van der Waals surface area contributed by atoms with Gasteiger partial charge in [0.25, 0.3) is 11.8 Å². The van der Waals surface area contributed by atoms with Gasteiger partial charge in [-0.1, -0.05) is 17.1 Å². The Morgan fingerprint density at radius 2 is 2.15 bits per heavy atom. The van der Waals surface area contributed by atoms with Crippen molar-refractivity contribution in [2.75, 3.05) is 36.5 Å². The smallest absolute Gasteiger partial charge is 0.352 e. The van der Waals surface area contributed by atoms with E-state index in [0.29, 0.717) is 17.2 Å². The number of amidine groups is 1. The highest BCUT2D eigenvalue weighted by atomic mass is 35.5. The van der Waals surface area contributed by atoms with Crippen molar-refractivity contribution in [1.29, 1.82) is 0 Å². The van der Waals surface area contributed by atoms with E-state index in [1.807, 2.05) is 6.92 Å². The predicted molar refractivity (Wildman–Crippen MR) is 152 cm³/mol. The molecular weight excluding hydrogens is 608 g/mol. The largest absolute Gasteiger partial charge is 0.757 e. The summed E-state index contributed by atoms with van der Waals surface area (Å²) in [6, 6.07) is -1.01. The van der Waals surface area contributed by atoms with Gasteiger partial charge in [0, 0.05) is 16.9 Å². The Labute approximate surface area is 245 Å². The van der Waals surface area contributed by atoms with Crippen molar-refractivity contribution >= 4 is 87.0 Å². The van der Waals surface area contributed by atoms with Gasteiger partial charge in [-0.2, -0.15) is 0 Å². The standard InChI is InChI=1S/C21H24ClN8O7S3/c1-9-23-10(2)29(8-28(9)36)40-6-11-5-38-19-15(18(33)30(19)16(11)20(34)35)26-17(32)14(27-37-3)12-7-39-21(24-12)25-13(31)4-22/h7,10,15,19H,4-6,8H2,1-3H3,(H,26,32)(H,34,35)(H,24,25,31)/q-1/b27-14-/t10?,15-,19-/m1/s1. The first-order chi connectivity index (χ1) is 19.0. The summed E-state index contributed by atoms with van der Waals surface area (Å²) in [6.45, 7) is 3.53. The molecule has 216 valence electrons. The number of amides is 3. The highest BCUT2D eigenvalue weighted by Gasteiger charge is 2.54. The van der Waals surface area contributed by atoms with E-state index < -0.39 is 35.1 Å². The number of anilines is 1. The highest BCUT2D eigenvalue weighted by Crippen LogP contribution is 2.41. The van der Waals surface area contributed by atoms with Crippen LogP contribution in [0.5, 0.6) is 0 Å². The van der Waals surface area contributed by atoms with E-state index in [1.54, 1.807) is 11.2 Å². The molecule has 19 heteroatoms. The second kappa shape index (κ2) is 12.7. The quantitative estimate of drug-likeness (QED) is 0.109. The maximum absolute atomic E-state index is 13.1. The molecule has 15 nitrogen and oxygen atoms in total. The third kappa shape index (κ3) is 6.21.